The number of thioether (sulfide) groups is 1. The number of fused-ring (bicyclic) bond motifs is 5. The molecule has 0 radical (unpaired) electrons. The number of alkyl halides is 3. The summed E-state index contributed by atoms with van der Waals surface area (Å²) in [5.41, 5.74) is -7.19. The van der Waals surface area contributed by atoms with E-state index < -0.39 is 75.0 Å². The number of furan rings is 1. The van der Waals surface area contributed by atoms with E-state index in [-0.39, 0.29) is 36.7 Å². The summed E-state index contributed by atoms with van der Waals surface area (Å²) in [6.45, 7) is 8.52. The Morgan fingerprint density at radius 1 is 1.26 bits per heavy atom. The van der Waals surface area contributed by atoms with Crippen molar-refractivity contribution in [3.8, 4) is 0 Å². The molecule has 10 atom stereocenters. The van der Waals surface area contributed by atoms with Gasteiger partial charge >= 0.3 is 5.97 Å². The van der Waals surface area contributed by atoms with E-state index in [0.717, 1.165) is 12.5 Å². The van der Waals surface area contributed by atoms with Gasteiger partial charge in [0.25, 0.3) is 0 Å². The Labute approximate surface area is 247 Å². The van der Waals surface area contributed by atoms with Crippen LogP contribution < -0.4 is 0 Å². The third kappa shape index (κ3) is 4.70. The van der Waals surface area contributed by atoms with Crippen molar-refractivity contribution < 1.29 is 46.9 Å². The topological polar surface area (TPSA) is 114 Å². The van der Waals surface area contributed by atoms with E-state index in [9.17, 15) is 23.9 Å². The summed E-state index contributed by atoms with van der Waals surface area (Å²) in [7, 11) is 0. The third-order valence-corrected chi connectivity index (χ3v) is 10.9. The molecule has 0 bridgehead atoms. The summed E-state index contributed by atoms with van der Waals surface area (Å²) in [4.78, 5) is 38.7. The highest BCUT2D eigenvalue weighted by Crippen LogP contribution is 2.72. The van der Waals surface area contributed by atoms with Gasteiger partial charge in [-0.25, -0.2) is 18.0 Å². The highest BCUT2D eigenvalue weighted by molar-refractivity contribution is 8.13. The van der Waals surface area contributed by atoms with Gasteiger partial charge in [0, 0.05) is 22.7 Å². The Morgan fingerprint density at radius 2 is 1.93 bits per heavy atom. The molecule has 1 aromatic heterocycles. The summed E-state index contributed by atoms with van der Waals surface area (Å²) < 4.78 is 57.5. The van der Waals surface area contributed by atoms with Crippen molar-refractivity contribution in [3.63, 3.8) is 0 Å². The van der Waals surface area contributed by atoms with Crippen LogP contribution in [0.4, 0.5) is 13.2 Å². The van der Waals surface area contributed by atoms with Gasteiger partial charge in [0.1, 0.15) is 12.2 Å². The maximum Gasteiger partial charge on any atom is 0.375 e. The van der Waals surface area contributed by atoms with Gasteiger partial charge in [-0.05, 0) is 87.1 Å². The summed E-state index contributed by atoms with van der Waals surface area (Å²) in [5, 5.41) is 19.1. The molecule has 42 heavy (non-hydrogen) atoms. The number of aliphatic hydroxyl groups is 2. The zero-order chi connectivity index (χ0) is 31.3. The van der Waals surface area contributed by atoms with Crippen LogP contribution in [0.25, 0.3) is 0 Å². The van der Waals surface area contributed by atoms with Crippen molar-refractivity contribution in [2.75, 3.05) is 6.01 Å². The van der Waals surface area contributed by atoms with Crippen LogP contribution in [-0.4, -0.2) is 62.7 Å². The molecule has 3 saturated carbocycles. The second-order valence-electron chi connectivity index (χ2n) is 12.4. The predicted molar refractivity (Wildman–Crippen MR) is 151 cm³/mol. The first-order chi connectivity index (χ1) is 19.6. The van der Waals surface area contributed by atoms with Gasteiger partial charge in [0.05, 0.1) is 18.5 Å². The van der Waals surface area contributed by atoms with Gasteiger partial charge in [0.2, 0.25) is 10.9 Å². The van der Waals surface area contributed by atoms with Crippen LogP contribution in [-0.2, 0) is 14.3 Å². The number of carbonyl (C=O) groups is 3. The molecule has 7 nitrogen and oxygen atoms in total. The monoisotopic (exact) mass is 612 g/mol. The van der Waals surface area contributed by atoms with Crippen LogP contribution in [0, 0.1) is 28.6 Å². The third-order valence-electron chi connectivity index (χ3n) is 10.2. The quantitative estimate of drug-likeness (QED) is 0.407. The number of ketones is 1. The van der Waals surface area contributed by atoms with Crippen molar-refractivity contribution >= 4 is 28.6 Å². The Hall–Kier alpha value is -2.37. The lowest BCUT2D eigenvalue weighted by atomic mass is 9.44. The van der Waals surface area contributed by atoms with Crippen LogP contribution in [0.5, 0.6) is 0 Å². The highest BCUT2D eigenvalue weighted by atomic mass is 32.2. The maximum atomic E-state index is 17.4. The molecule has 1 aromatic rings. The first-order valence-electron chi connectivity index (χ1n) is 14.3. The number of allylic oxidation sites excluding steroid dienone is 4. The van der Waals surface area contributed by atoms with E-state index in [2.05, 4.69) is 0 Å². The van der Waals surface area contributed by atoms with Gasteiger partial charge in [0.15, 0.2) is 17.1 Å². The smallest absolute Gasteiger partial charge is 0.375 e. The van der Waals surface area contributed by atoms with Gasteiger partial charge in [-0.15, -0.1) is 0 Å². The van der Waals surface area contributed by atoms with Gasteiger partial charge < -0.3 is 19.4 Å². The number of carbonyl (C=O) groups excluding carboxylic acids is 3. The lowest BCUT2D eigenvalue weighted by Gasteiger charge is -2.63. The van der Waals surface area contributed by atoms with Crippen molar-refractivity contribution in [3.05, 3.63) is 48.0 Å². The first-order valence-corrected chi connectivity index (χ1v) is 15.3. The number of hydrogen-bond donors (Lipinski definition) is 2. The molecule has 0 saturated heterocycles. The van der Waals surface area contributed by atoms with E-state index >= 15 is 8.78 Å². The minimum atomic E-state index is -2.35. The Morgan fingerprint density at radius 3 is 2.50 bits per heavy atom. The fourth-order valence-electron chi connectivity index (χ4n) is 7.97. The molecule has 0 aliphatic heterocycles. The molecule has 1 unspecified atom stereocenters. The number of halogens is 3. The minimum Gasteiger partial charge on any atom is -0.457 e. The van der Waals surface area contributed by atoms with Crippen LogP contribution in [0.15, 0.2) is 46.6 Å². The lowest BCUT2D eigenvalue weighted by Crippen LogP contribution is -2.70. The van der Waals surface area contributed by atoms with Crippen molar-refractivity contribution in [1.82, 2.24) is 0 Å². The van der Waals surface area contributed by atoms with Gasteiger partial charge in [-0.1, -0.05) is 26.8 Å². The van der Waals surface area contributed by atoms with Crippen LogP contribution >= 0.6 is 11.8 Å². The molecular weight excluding hydrogens is 573 g/mol. The van der Waals surface area contributed by atoms with E-state index in [1.807, 2.05) is 6.92 Å². The summed E-state index contributed by atoms with van der Waals surface area (Å²) in [6.07, 6.45) is 1.90. The largest absolute Gasteiger partial charge is 0.457 e. The molecular formula is C31H39F3O7S. The molecule has 3 fully saturated rings. The summed E-state index contributed by atoms with van der Waals surface area (Å²) in [6, 6.07) is 1.78. The number of ether oxygens (including phenoxy) is 1. The summed E-state index contributed by atoms with van der Waals surface area (Å²) >= 11 is 0.352. The zero-order valence-corrected chi connectivity index (χ0v) is 25.3. The highest BCUT2D eigenvalue weighted by Gasteiger charge is 2.78. The molecule has 11 heteroatoms. The molecule has 4 aliphatic rings. The Bertz CT molecular complexity index is 1270. The van der Waals surface area contributed by atoms with Crippen molar-refractivity contribution in [1.29, 1.82) is 0 Å². The molecule has 0 spiro atoms. The Balaban J connectivity index is 0.000000748. The lowest BCUT2D eigenvalue weighted by molar-refractivity contribution is -0.221. The maximum absolute atomic E-state index is 17.4. The van der Waals surface area contributed by atoms with Crippen LogP contribution in [0.1, 0.15) is 70.9 Å². The van der Waals surface area contributed by atoms with Crippen molar-refractivity contribution in [2.24, 2.45) is 28.6 Å². The van der Waals surface area contributed by atoms with Crippen molar-refractivity contribution in [2.45, 2.75) is 90.0 Å². The van der Waals surface area contributed by atoms with E-state index in [1.54, 1.807) is 20.8 Å². The molecule has 232 valence electrons. The first kappa shape index (κ1) is 32.5. The summed E-state index contributed by atoms with van der Waals surface area (Å²) in [5.74, 6) is -3.98. The Kier molecular flexibility index (Phi) is 9.00. The van der Waals surface area contributed by atoms with Crippen LogP contribution in [0.2, 0.25) is 0 Å². The molecule has 1 heterocycles. The standard InChI is InChI=1S/C27H29F3O6S.C4H10O/c1-14-9-16-17-11-19(29)18-10-15(31)6-7-24(18,2)26(17,30)21(32)12-25(16,3)27(14,23(34)37-13-28)36-22(33)20-5-4-8-35-20;1-3-4(2)5/h4-8,10,14,16-17,19,21,32H,9,11-13H2,1-3H3;4-5H,3H2,1-2H3/t14-,16+,17+,19+,21+,24+,25+,26+,27+;/m1./s1. The number of esters is 1. The zero-order valence-electron chi connectivity index (χ0n) is 24.4. The number of hydrogen-bond acceptors (Lipinski definition) is 8. The number of rotatable bonds is 5. The molecule has 0 amide bonds. The minimum absolute atomic E-state index is 0.00739. The molecule has 5 rings (SSSR count). The molecule has 2 N–H and O–H groups in total. The SMILES string of the molecule is CCC(C)O.C[C@@H]1C[C@H]2[C@@H]3C[C@H](F)C4=CC(=O)C=C[C@]4(C)[C@@]3(F)[C@@H](O)C[C@]2(C)[C@@]1(OC(=O)c1ccco1)C(=O)SCF. The van der Waals surface area contributed by atoms with Gasteiger partial charge in [-0.2, -0.15) is 0 Å². The van der Waals surface area contributed by atoms with E-state index in [0.29, 0.717) is 11.8 Å². The normalized spacial score (nSPS) is 41.0. The van der Waals surface area contributed by atoms with E-state index in [1.165, 1.54) is 37.5 Å². The molecule has 4 aliphatic carbocycles. The average Bonchev–Trinajstić information content (AvgIpc) is 3.54. The van der Waals surface area contributed by atoms with Gasteiger partial charge in [-0.3, -0.25) is 9.59 Å². The average molecular weight is 613 g/mol. The predicted octanol–water partition coefficient (Wildman–Crippen LogP) is 5.70. The fourth-order valence-corrected chi connectivity index (χ4v) is 8.76. The fraction of sp³-hybridized carbons (Fsp3) is 0.645. The van der Waals surface area contributed by atoms with Crippen LogP contribution in [0.3, 0.4) is 0 Å². The molecule has 0 aromatic carbocycles. The number of aliphatic hydroxyl groups excluding tert-OH is 2. The second-order valence-corrected chi connectivity index (χ2v) is 13.3. The van der Waals surface area contributed by atoms with E-state index in [4.69, 9.17) is 14.3 Å². The second kappa shape index (κ2) is 11.6.